The first-order chi connectivity index (χ1) is 4.68. The van der Waals surface area contributed by atoms with E-state index >= 15 is 0 Å². The average molecular weight is 226 g/mol. The van der Waals surface area contributed by atoms with E-state index in [2.05, 4.69) is 4.90 Å². The first-order valence-corrected chi connectivity index (χ1v) is 3.52. The maximum atomic E-state index is 8.98. The summed E-state index contributed by atoms with van der Waals surface area (Å²) >= 11 is 0. The summed E-state index contributed by atoms with van der Waals surface area (Å²) in [5.74, 6) is 0. The molecule has 1 heterocycles. The van der Waals surface area contributed by atoms with Crippen LogP contribution in [-0.2, 0) is 4.74 Å². The minimum absolute atomic E-state index is 0. The molecule has 1 rings (SSSR count). The Morgan fingerprint density at radius 2 is 2.00 bits per heavy atom. The second-order valence-electron chi connectivity index (χ2n) is 3.39. The average Bonchev–Trinajstić information content (AvgIpc) is 1.78. The highest BCUT2D eigenvalue weighted by Crippen LogP contribution is 2.26. The van der Waals surface area contributed by atoms with E-state index in [9.17, 15) is 0 Å². The SMILES string of the molecule is Br.CN(C)CC1(CO)COC1. The molecule has 0 saturated carbocycles. The van der Waals surface area contributed by atoms with Crippen LogP contribution in [0, 0.1) is 5.41 Å². The van der Waals surface area contributed by atoms with Crippen LogP contribution in [-0.4, -0.2) is 50.5 Å². The van der Waals surface area contributed by atoms with Crippen molar-refractivity contribution in [2.75, 3.05) is 40.5 Å². The zero-order valence-electron chi connectivity index (χ0n) is 7.04. The van der Waals surface area contributed by atoms with Crippen molar-refractivity contribution in [1.82, 2.24) is 4.90 Å². The summed E-state index contributed by atoms with van der Waals surface area (Å²) in [5.41, 5.74) is 0.0451. The maximum absolute atomic E-state index is 8.98. The quantitative estimate of drug-likeness (QED) is 0.742. The Morgan fingerprint density at radius 3 is 2.09 bits per heavy atom. The van der Waals surface area contributed by atoms with Gasteiger partial charge < -0.3 is 14.7 Å². The van der Waals surface area contributed by atoms with E-state index < -0.39 is 0 Å². The summed E-state index contributed by atoms with van der Waals surface area (Å²) in [5, 5.41) is 8.98. The molecule has 0 amide bonds. The van der Waals surface area contributed by atoms with Gasteiger partial charge in [-0.15, -0.1) is 17.0 Å². The molecule has 0 bridgehead atoms. The molecule has 11 heavy (non-hydrogen) atoms. The van der Waals surface area contributed by atoms with Crippen molar-refractivity contribution in [3.63, 3.8) is 0 Å². The van der Waals surface area contributed by atoms with Gasteiger partial charge in [0.1, 0.15) is 0 Å². The number of aliphatic hydroxyl groups excluding tert-OH is 1. The monoisotopic (exact) mass is 225 g/mol. The molecule has 0 radical (unpaired) electrons. The Hall–Kier alpha value is 0.360. The first kappa shape index (κ1) is 11.4. The Balaban J connectivity index is 0.000001000. The van der Waals surface area contributed by atoms with Crippen LogP contribution in [0.1, 0.15) is 0 Å². The third-order valence-corrected chi connectivity index (χ3v) is 1.80. The summed E-state index contributed by atoms with van der Waals surface area (Å²) in [6, 6.07) is 0. The van der Waals surface area contributed by atoms with Crippen LogP contribution >= 0.6 is 17.0 Å². The zero-order chi connectivity index (χ0) is 7.61. The fourth-order valence-electron chi connectivity index (χ4n) is 1.29. The zero-order valence-corrected chi connectivity index (χ0v) is 8.75. The minimum Gasteiger partial charge on any atom is -0.396 e. The van der Waals surface area contributed by atoms with E-state index in [-0.39, 0.29) is 29.0 Å². The molecule has 1 N–H and O–H groups in total. The van der Waals surface area contributed by atoms with Crippen LogP contribution in [0.25, 0.3) is 0 Å². The molecule has 1 aliphatic rings. The van der Waals surface area contributed by atoms with Crippen molar-refractivity contribution < 1.29 is 9.84 Å². The van der Waals surface area contributed by atoms with E-state index in [0.717, 1.165) is 6.54 Å². The maximum Gasteiger partial charge on any atom is 0.0579 e. The summed E-state index contributed by atoms with van der Waals surface area (Å²) in [6.45, 7) is 2.58. The molecular formula is C7H16BrNO2. The van der Waals surface area contributed by atoms with Crippen molar-refractivity contribution >= 4 is 17.0 Å². The van der Waals surface area contributed by atoms with Gasteiger partial charge in [0.05, 0.1) is 25.2 Å². The molecule has 0 aliphatic carbocycles. The normalized spacial score (nSPS) is 20.7. The third kappa shape index (κ3) is 2.71. The number of hydrogen-bond donors (Lipinski definition) is 1. The van der Waals surface area contributed by atoms with Gasteiger partial charge >= 0.3 is 0 Å². The Morgan fingerprint density at radius 1 is 1.45 bits per heavy atom. The van der Waals surface area contributed by atoms with E-state index in [0.29, 0.717) is 13.2 Å². The molecule has 0 aromatic carbocycles. The summed E-state index contributed by atoms with van der Waals surface area (Å²) in [7, 11) is 4.02. The smallest absolute Gasteiger partial charge is 0.0579 e. The van der Waals surface area contributed by atoms with E-state index in [1.165, 1.54) is 0 Å². The molecule has 4 heteroatoms. The number of aliphatic hydroxyl groups is 1. The van der Waals surface area contributed by atoms with E-state index in [1.807, 2.05) is 14.1 Å². The second kappa shape index (κ2) is 4.40. The van der Waals surface area contributed by atoms with Crippen LogP contribution in [0.3, 0.4) is 0 Å². The number of nitrogens with zero attached hydrogens (tertiary/aromatic N) is 1. The summed E-state index contributed by atoms with van der Waals surface area (Å²) in [6.07, 6.45) is 0. The van der Waals surface area contributed by atoms with Gasteiger partial charge in [0.25, 0.3) is 0 Å². The van der Waals surface area contributed by atoms with Crippen molar-refractivity contribution in [3.05, 3.63) is 0 Å². The van der Waals surface area contributed by atoms with Crippen LogP contribution in [0.2, 0.25) is 0 Å². The molecule has 3 nitrogen and oxygen atoms in total. The fourth-order valence-corrected chi connectivity index (χ4v) is 1.29. The standard InChI is InChI=1S/C7H15NO2.BrH/c1-8(2)3-7(4-9)5-10-6-7;/h9H,3-6H2,1-2H3;1H. The van der Waals surface area contributed by atoms with Crippen molar-refractivity contribution in [2.24, 2.45) is 5.41 Å². The number of halogens is 1. The second-order valence-corrected chi connectivity index (χ2v) is 3.39. The van der Waals surface area contributed by atoms with Gasteiger partial charge in [-0.25, -0.2) is 0 Å². The van der Waals surface area contributed by atoms with Crippen LogP contribution < -0.4 is 0 Å². The number of hydrogen-bond acceptors (Lipinski definition) is 3. The highest BCUT2D eigenvalue weighted by atomic mass is 79.9. The first-order valence-electron chi connectivity index (χ1n) is 3.52. The van der Waals surface area contributed by atoms with Gasteiger partial charge in [0, 0.05) is 6.54 Å². The molecule has 68 valence electrons. The predicted octanol–water partition coefficient (Wildman–Crippen LogP) is 0.135. The molecule has 1 aliphatic heterocycles. The van der Waals surface area contributed by atoms with Gasteiger partial charge in [-0.1, -0.05) is 0 Å². The van der Waals surface area contributed by atoms with Crippen molar-refractivity contribution in [2.45, 2.75) is 0 Å². The lowest BCUT2D eigenvalue weighted by molar-refractivity contribution is -0.144. The van der Waals surface area contributed by atoms with E-state index in [1.54, 1.807) is 0 Å². The van der Waals surface area contributed by atoms with Gasteiger partial charge in [-0.3, -0.25) is 0 Å². The molecule has 1 saturated heterocycles. The lowest BCUT2D eigenvalue weighted by Gasteiger charge is -2.41. The Bertz CT molecular complexity index is 109. The van der Waals surface area contributed by atoms with Crippen LogP contribution in [0.15, 0.2) is 0 Å². The Labute approximate surface area is 78.1 Å². The van der Waals surface area contributed by atoms with Crippen LogP contribution in [0.5, 0.6) is 0 Å². The summed E-state index contributed by atoms with van der Waals surface area (Å²) in [4.78, 5) is 2.08. The minimum atomic E-state index is 0. The summed E-state index contributed by atoms with van der Waals surface area (Å²) < 4.78 is 5.04. The number of rotatable bonds is 3. The molecule has 0 spiro atoms. The predicted molar refractivity (Wildman–Crippen MR) is 49.2 cm³/mol. The highest BCUT2D eigenvalue weighted by Gasteiger charge is 2.38. The topological polar surface area (TPSA) is 32.7 Å². The van der Waals surface area contributed by atoms with Crippen molar-refractivity contribution in [3.8, 4) is 0 Å². The third-order valence-electron chi connectivity index (χ3n) is 1.80. The molecule has 1 fully saturated rings. The van der Waals surface area contributed by atoms with Gasteiger partial charge in [0.2, 0.25) is 0 Å². The molecule has 0 unspecified atom stereocenters. The van der Waals surface area contributed by atoms with Gasteiger partial charge in [-0.05, 0) is 14.1 Å². The molecule has 0 aromatic rings. The molecule has 0 aromatic heterocycles. The molecular weight excluding hydrogens is 210 g/mol. The van der Waals surface area contributed by atoms with Gasteiger partial charge in [0.15, 0.2) is 0 Å². The van der Waals surface area contributed by atoms with Gasteiger partial charge in [-0.2, -0.15) is 0 Å². The number of ether oxygens (including phenoxy) is 1. The lowest BCUT2D eigenvalue weighted by Crippen LogP contribution is -2.51. The Kier molecular flexibility index (Phi) is 4.55. The molecule has 0 atom stereocenters. The van der Waals surface area contributed by atoms with E-state index in [4.69, 9.17) is 9.84 Å². The van der Waals surface area contributed by atoms with Crippen molar-refractivity contribution in [1.29, 1.82) is 0 Å². The highest BCUT2D eigenvalue weighted by molar-refractivity contribution is 8.93. The largest absolute Gasteiger partial charge is 0.396 e. The van der Waals surface area contributed by atoms with Crippen LogP contribution in [0.4, 0.5) is 0 Å². The fraction of sp³-hybridized carbons (Fsp3) is 1.00. The lowest BCUT2D eigenvalue weighted by atomic mass is 9.87.